The average molecular weight is 313 g/mol. The molecule has 0 atom stereocenters. The van der Waals surface area contributed by atoms with Gasteiger partial charge in [-0.3, -0.25) is 4.79 Å². The molecule has 1 aromatic heterocycles. The van der Waals surface area contributed by atoms with E-state index in [0.29, 0.717) is 12.1 Å². The van der Waals surface area contributed by atoms with Crippen molar-refractivity contribution in [2.24, 2.45) is 5.41 Å². The van der Waals surface area contributed by atoms with Gasteiger partial charge in [-0.15, -0.1) is 11.3 Å². The zero-order valence-electron chi connectivity index (χ0n) is 13.6. The fourth-order valence-corrected chi connectivity index (χ4v) is 2.94. The zero-order chi connectivity index (χ0) is 16.2. The Bertz CT molecular complexity index is 646. The Hall–Kier alpha value is -1.87. The summed E-state index contributed by atoms with van der Waals surface area (Å²) in [5, 5.41) is 4.96. The number of carbonyl (C=O) groups is 1. The van der Waals surface area contributed by atoms with Crippen molar-refractivity contribution in [1.82, 2.24) is 5.32 Å². The third-order valence-electron chi connectivity index (χ3n) is 3.26. The van der Waals surface area contributed by atoms with Gasteiger partial charge >= 0.3 is 0 Å². The third-order valence-corrected chi connectivity index (χ3v) is 4.13. The fraction of sp³-hybridized carbons (Fsp3) is 0.316. The van der Waals surface area contributed by atoms with Gasteiger partial charge in [-0.2, -0.15) is 0 Å². The van der Waals surface area contributed by atoms with Gasteiger partial charge in [-0.1, -0.05) is 45.0 Å². The minimum atomic E-state index is -0.0302. The molecule has 2 rings (SSSR count). The largest absolute Gasteiger partial charge is 0.347 e. The lowest BCUT2D eigenvalue weighted by Crippen LogP contribution is -2.22. The molecule has 116 valence electrons. The van der Waals surface area contributed by atoms with Gasteiger partial charge in [0.25, 0.3) is 5.91 Å². The number of carbonyl (C=O) groups excluding carboxylic acids is 1. The van der Waals surface area contributed by atoms with Crippen molar-refractivity contribution >= 4 is 22.8 Å². The van der Waals surface area contributed by atoms with E-state index in [1.165, 1.54) is 5.57 Å². The maximum Gasteiger partial charge on any atom is 0.251 e. The SMILES string of the molecule is CC(=CC(C)(C)C)c1ccc(C(=O)NCc2cccs2)cc1. The number of thiophene rings is 1. The minimum absolute atomic E-state index is 0.0302. The maximum absolute atomic E-state index is 12.1. The van der Waals surface area contributed by atoms with Crippen molar-refractivity contribution in [3.8, 4) is 0 Å². The summed E-state index contributed by atoms with van der Waals surface area (Å²) in [4.78, 5) is 13.3. The summed E-state index contributed by atoms with van der Waals surface area (Å²) in [5.41, 5.74) is 3.24. The van der Waals surface area contributed by atoms with Crippen LogP contribution in [0.15, 0.2) is 47.9 Å². The smallest absolute Gasteiger partial charge is 0.251 e. The van der Waals surface area contributed by atoms with Crippen molar-refractivity contribution in [3.05, 3.63) is 63.9 Å². The zero-order valence-corrected chi connectivity index (χ0v) is 14.5. The summed E-state index contributed by atoms with van der Waals surface area (Å²) in [6.45, 7) is 9.24. The van der Waals surface area contributed by atoms with Crippen molar-refractivity contribution < 1.29 is 4.79 Å². The molecule has 0 fully saturated rings. The molecule has 0 spiro atoms. The van der Waals surface area contributed by atoms with E-state index >= 15 is 0 Å². The predicted molar refractivity (Wildman–Crippen MR) is 95.0 cm³/mol. The number of nitrogens with one attached hydrogen (secondary N) is 1. The van der Waals surface area contributed by atoms with Gasteiger partial charge in [0.1, 0.15) is 0 Å². The normalized spacial score (nSPS) is 12.3. The number of amides is 1. The maximum atomic E-state index is 12.1. The summed E-state index contributed by atoms with van der Waals surface area (Å²) < 4.78 is 0. The molecule has 0 saturated heterocycles. The molecular formula is C19H23NOS. The Balaban J connectivity index is 2.02. The van der Waals surface area contributed by atoms with Crippen LogP contribution >= 0.6 is 11.3 Å². The number of hydrogen-bond donors (Lipinski definition) is 1. The Morgan fingerprint density at radius 3 is 2.32 bits per heavy atom. The van der Waals surface area contributed by atoms with Gasteiger partial charge < -0.3 is 5.32 Å². The predicted octanol–water partition coefficient (Wildman–Crippen LogP) is 5.13. The van der Waals surface area contributed by atoms with Gasteiger partial charge in [0.15, 0.2) is 0 Å². The summed E-state index contributed by atoms with van der Waals surface area (Å²) in [5.74, 6) is -0.0302. The molecule has 22 heavy (non-hydrogen) atoms. The molecular weight excluding hydrogens is 290 g/mol. The first-order chi connectivity index (χ1) is 10.3. The summed E-state index contributed by atoms with van der Waals surface area (Å²) in [6, 6.07) is 11.8. The second kappa shape index (κ2) is 6.93. The van der Waals surface area contributed by atoms with Crippen LogP contribution in [0.5, 0.6) is 0 Å². The first kappa shape index (κ1) is 16.5. The van der Waals surface area contributed by atoms with E-state index in [9.17, 15) is 4.79 Å². The van der Waals surface area contributed by atoms with Crippen LogP contribution in [0, 0.1) is 5.41 Å². The molecule has 1 heterocycles. The monoisotopic (exact) mass is 313 g/mol. The molecule has 0 saturated carbocycles. The molecule has 2 nitrogen and oxygen atoms in total. The third kappa shape index (κ3) is 4.85. The van der Waals surface area contributed by atoms with Crippen LogP contribution in [0.2, 0.25) is 0 Å². The summed E-state index contributed by atoms with van der Waals surface area (Å²) in [7, 11) is 0. The lowest BCUT2D eigenvalue weighted by Gasteiger charge is -2.14. The molecule has 0 bridgehead atoms. The van der Waals surface area contributed by atoms with E-state index < -0.39 is 0 Å². The molecule has 0 radical (unpaired) electrons. The van der Waals surface area contributed by atoms with Gasteiger partial charge in [0, 0.05) is 10.4 Å². The van der Waals surface area contributed by atoms with Crippen molar-refractivity contribution in [2.75, 3.05) is 0 Å². The van der Waals surface area contributed by atoms with Crippen LogP contribution in [0.4, 0.5) is 0 Å². The lowest BCUT2D eigenvalue weighted by molar-refractivity contribution is 0.0951. The van der Waals surface area contributed by atoms with Crippen molar-refractivity contribution in [2.45, 2.75) is 34.2 Å². The van der Waals surface area contributed by atoms with E-state index in [-0.39, 0.29) is 11.3 Å². The van der Waals surface area contributed by atoms with Crippen LogP contribution in [0.25, 0.3) is 5.57 Å². The van der Waals surface area contributed by atoms with E-state index in [1.54, 1.807) is 11.3 Å². The molecule has 1 amide bonds. The average Bonchev–Trinajstić information content (AvgIpc) is 2.96. The number of benzene rings is 1. The topological polar surface area (TPSA) is 29.1 Å². The second-order valence-electron chi connectivity index (χ2n) is 6.53. The van der Waals surface area contributed by atoms with Crippen molar-refractivity contribution in [3.63, 3.8) is 0 Å². The Morgan fingerprint density at radius 2 is 1.77 bits per heavy atom. The minimum Gasteiger partial charge on any atom is -0.347 e. The molecule has 1 aromatic carbocycles. The standard InChI is InChI=1S/C19H23NOS/c1-14(12-19(2,3)4)15-7-9-16(10-8-15)18(21)20-13-17-6-5-11-22-17/h5-12H,13H2,1-4H3,(H,20,21). The summed E-state index contributed by atoms with van der Waals surface area (Å²) in [6.07, 6.45) is 2.25. The Morgan fingerprint density at radius 1 is 1.14 bits per heavy atom. The molecule has 3 heteroatoms. The Kier molecular flexibility index (Phi) is 5.19. The molecule has 2 aromatic rings. The van der Waals surface area contributed by atoms with E-state index in [2.05, 4.69) is 39.1 Å². The highest BCUT2D eigenvalue weighted by atomic mass is 32.1. The van der Waals surface area contributed by atoms with E-state index in [4.69, 9.17) is 0 Å². The second-order valence-corrected chi connectivity index (χ2v) is 7.57. The molecule has 0 unspecified atom stereocenters. The first-order valence-electron chi connectivity index (χ1n) is 7.46. The number of hydrogen-bond acceptors (Lipinski definition) is 2. The van der Waals surface area contributed by atoms with Gasteiger partial charge in [0.05, 0.1) is 6.54 Å². The van der Waals surface area contributed by atoms with E-state index in [1.807, 2.05) is 41.8 Å². The van der Waals surface area contributed by atoms with Crippen molar-refractivity contribution in [1.29, 1.82) is 0 Å². The molecule has 0 aliphatic rings. The van der Waals surface area contributed by atoms with Crippen LogP contribution in [0.3, 0.4) is 0 Å². The fourth-order valence-electron chi connectivity index (χ4n) is 2.30. The Labute approximate surface area is 136 Å². The molecule has 0 aliphatic heterocycles. The van der Waals surface area contributed by atoms with Crippen LogP contribution in [0.1, 0.15) is 48.5 Å². The first-order valence-corrected chi connectivity index (χ1v) is 8.33. The number of allylic oxidation sites excluding steroid dienone is 2. The number of rotatable bonds is 4. The van der Waals surface area contributed by atoms with Crippen LogP contribution < -0.4 is 5.32 Å². The van der Waals surface area contributed by atoms with E-state index in [0.717, 1.165) is 10.4 Å². The van der Waals surface area contributed by atoms with Crippen LogP contribution in [-0.2, 0) is 6.54 Å². The van der Waals surface area contributed by atoms with Gasteiger partial charge in [0.2, 0.25) is 0 Å². The van der Waals surface area contributed by atoms with Gasteiger partial charge in [-0.25, -0.2) is 0 Å². The highest BCUT2D eigenvalue weighted by Crippen LogP contribution is 2.23. The summed E-state index contributed by atoms with van der Waals surface area (Å²) >= 11 is 1.65. The lowest BCUT2D eigenvalue weighted by atomic mass is 9.91. The highest BCUT2D eigenvalue weighted by Gasteiger charge is 2.09. The molecule has 1 N–H and O–H groups in total. The highest BCUT2D eigenvalue weighted by molar-refractivity contribution is 7.09. The van der Waals surface area contributed by atoms with Crippen LogP contribution in [-0.4, -0.2) is 5.91 Å². The van der Waals surface area contributed by atoms with Gasteiger partial charge in [-0.05, 0) is 47.1 Å². The molecule has 0 aliphatic carbocycles. The quantitative estimate of drug-likeness (QED) is 0.833.